The minimum atomic E-state index is -0.676. The van der Waals surface area contributed by atoms with E-state index in [0.29, 0.717) is 16.3 Å². The molecular formula is C20H18ClN3O3. The van der Waals surface area contributed by atoms with Gasteiger partial charge in [-0.05, 0) is 29.7 Å². The molecule has 0 unspecified atom stereocenters. The summed E-state index contributed by atoms with van der Waals surface area (Å²) in [7, 11) is 0. The molecule has 1 heterocycles. The van der Waals surface area contributed by atoms with Gasteiger partial charge in [0.05, 0.1) is 6.54 Å². The number of aryl methyl sites for hydroxylation is 1. The van der Waals surface area contributed by atoms with Gasteiger partial charge >= 0.3 is 5.69 Å². The molecule has 3 aromatic rings. The van der Waals surface area contributed by atoms with Crippen LogP contribution in [0.15, 0.2) is 64.3 Å². The molecule has 27 heavy (non-hydrogen) atoms. The molecule has 0 aliphatic carbocycles. The molecule has 0 aliphatic rings. The van der Waals surface area contributed by atoms with Gasteiger partial charge in [0.2, 0.25) is 0 Å². The molecule has 2 aromatic carbocycles. The molecule has 1 amide bonds. The molecule has 2 N–H and O–H groups in total. The molecule has 0 bridgehead atoms. The largest absolute Gasteiger partial charge is 0.328 e. The molecule has 6 nitrogen and oxygen atoms in total. The Kier molecular flexibility index (Phi) is 5.57. The summed E-state index contributed by atoms with van der Waals surface area (Å²) in [6, 6.07) is 14.3. The third-order valence-electron chi connectivity index (χ3n) is 4.24. The van der Waals surface area contributed by atoms with E-state index in [2.05, 4.69) is 10.3 Å². The molecule has 0 radical (unpaired) electrons. The Morgan fingerprint density at radius 2 is 1.74 bits per heavy atom. The number of nitrogens with zero attached hydrogens (tertiary/aromatic N) is 1. The van der Waals surface area contributed by atoms with Crippen molar-refractivity contribution in [1.82, 2.24) is 9.55 Å². The fraction of sp³-hybridized carbons (Fsp3) is 0.150. The van der Waals surface area contributed by atoms with E-state index in [9.17, 15) is 14.4 Å². The highest BCUT2D eigenvalue weighted by atomic mass is 35.5. The fourth-order valence-corrected chi connectivity index (χ4v) is 2.95. The van der Waals surface area contributed by atoms with Crippen molar-refractivity contribution in [1.29, 1.82) is 0 Å². The summed E-state index contributed by atoms with van der Waals surface area (Å²) in [5.41, 5.74) is 0.767. The topological polar surface area (TPSA) is 84.0 Å². The highest BCUT2D eigenvalue weighted by Gasteiger charge is 2.16. The lowest BCUT2D eigenvalue weighted by molar-refractivity contribution is 0.102. The number of carbonyl (C=O) groups excluding carboxylic acids is 1. The van der Waals surface area contributed by atoms with Crippen LogP contribution in [0.3, 0.4) is 0 Å². The lowest BCUT2D eigenvalue weighted by Gasteiger charge is -2.11. The third kappa shape index (κ3) is 4.01. The second kappa shape index (κ2) is 8.05. The summed E-state index contributed by atoms with van der Waals surface area (Å²) in [6.07, 6.45) is 1.87. The minimum Gasteiger partial charge on any atom is -0.322 e. The molecule has 1 aromatic heterocycles. The van der Waals surface area contributed by atoms with Crippen LogP contribution in [0.25, 0.3) is 0 Å². The van der Waals surface area contributed by atoms with E-state index in [1.165, 1.54) is 0 Å². The maximum absolute atomic E-state index is 12.7. The van der Waals surface area contributed by atoms with Crippen molar-refractivity contribution in [2.75, 3.05) is 5.32 Å². The number of hydrogen-bond acceptors (Lipinski definition) is 3. The Hall–Kier alpha value is -3.12. The van der Waals surface area contributed by atoms with E-state index < -0.39 is 17.2 Å². The SMILES string of the molecule is CCc1ccccc1NC(=O)c1c[nH]c(=O)n(Cc2ccccc2Cl)c1=O. The Labute approximate surface area is 160 Å². The van der Waals surface area contributed by atoms with E-state index in [4.69, 9.17) is 11.6 Å². The van der Waals surface area contributed by atoms with E-state index in [1.54, 1.807) is 36.4 Å². The first kappa shape index (κ1) is 18.7. The molecule has 138 valence electrons. The second-order valence-electron chi connectivity index (χ2n) is 5.96. The van der Waals surface area contributed by atoms with E-state index in [-0.39, 0.29) is 12.1 Å². The quantitative estimate of drug-likeness (QED) is 0.710. The van der Waals surface area contributed by atoms with Crippen LogP contribution < -0.4 is 16.6 Å². The van der Waals surface area contributed by atoms with Crippen LogP contribution in [-0.2, 0) is 13.0 Å². The van der Waals surface area contributed by atoms with Gasteiger partial charge in [-0.3, -0.25) is 14.2 Å². The summed E-state index contributed by atoms with van der Waals surface area (Å²) >= 11 is 6.11. The van der Waals surface area contributed by atoms with E-state index in [0.717, 1.165) is 22.7 Å². The van der Waals surface area contributed by atoms with Crippen molar-refractivity contribution >= 4 is 23.2 Å². The standard InChI is InChI=1S/C20H18ClN3O3/c1-2-13-7-4-6-10-17(13)23-18(25)15-11-22-20(27)24(19(15)26)12-14-8-3-5-9-16(14)21/h3-11H,2,12H2,1H3,(H,22,27)(H,23,25). The monoisotopic (exact) mass is 383 g/mol. The summed E-state index contributed by atoms with van der Waals surface area (Å²) in [4.78, 5) is 39.9. The molecule has 7 heteroatoms. The van der Waals surface area contributed by atoms with Crippen LogP contribution in [0.4, 0.5) is 5.69 Å². The maximum Gasteiger partial charge on any atom is 0.328 e. The van der Waals surface area contributed by atoms with Crippen LogP contribution in [0.5, 0.6) is 0 Å². The number of para-hydroxylation sites is 1. The van der Waals surface area contributed by atoms with Gasteiger partial charge in [0.1, 0.15) is 5.56 Å². The number of benzene rings is 2. The molecule has 0 saturated carbocycles. The first-order valence-corrected chi connectivity index (χ1v) is 8.84. The number of anilines is 1. The molecule has 0 spiro atoms. The Morgan fingerprint density at radius 1 is 1.07 bits per heavy atom. The fourth-order valence-electron chi connectivity index (χ4n) is 2.75. The minimum absolute atomic E-state index is 0.0273. The van der Waals surface area contributed by atoms with Gasteiger partial charge < -0.3 is 10.3 Å². The lowest BCUT2D eigenvalue weighted by Crippen LogP contribution is -2.39. The number of nitrogens with one attached hydrogen (secondary N) is 2. The zero-order chi connectivity index (χ0) is 19.4. The van der Waals surface area contributed by atoms with Crippen LogP contribution in [0.2, 0.25) is 5.02 Å². The van der Waals surface area contributed by atoms with Crippen molar-refractivity contribution in [2.45, 2.75) is 19.9 Å². The van der Waals surface area contributed by atoms with Crippen molar-refractivity contribution in [2.24, 2.45) is 0 Å². The lowest BCUT2D eigenvalue weighted by atomic mass is 10.1. The average Bonchev–Trinajstić information content (AvgIpc) is 2.67. The predicted octanol–water partition coefficient (Wildman–Crippen LogP) is 3.05. The summed E-state index contributed by atoms with van der Waals surface area (Å²) in [6.45, 7) is 1.95. The number of rotatable bonds is 5. The molecular weight excluding hydrogens is 366 g/mol. The highest BCUT2D eigenvalue weighted by Crippen LogP contribution is 2.16. The number of carbonyl (C=O) groups is 1. The van der Waals surface area contributed by atoms with Crippen LogP contribution in [-0.4, -0.2) is 15.5 Å². The van der Waals surface area contributed by atoms with Crippen molar-refractivity contribution < 1.29 is 4.79 Å². The molecule has 0 atom stereocenters. The average molecular weight is 384 g/mol. The van der Waals surface area contributed by atoms with Crippen molar-refractivity contribution in [3.05, 3.63) is 97.3 Å². The first-order valence-electron chi connectivity index (χ1n) is 8.46. The normalized spacial score (nSPS) is 10.6. The number of hydrogen-bond donors (Lipinski definition) is 2. The van der Waals surface area contributed by atoms with Gasteiger partial charge in [-0.15, -0.1) is 0 Å². The van der Waals surface area contributed by atoms with Gasteiger partial charge in [0, 0.05) is 16.9 Å². The predicted molar refractivity (Wildman–Crippen MR) is 106 cm³/mol. The Balaban J connectivity index is 1.95. The molecule has 3 rings (SSSR count). The molecule has 0 aliphatic heterocycles. The summed E-state index contributed by atoms with van der Waals surface area (Å²) in [5.74, 6) is -0.579. The zero-order valence-electron chi connectivity index (χ0n) is 14.7. The van der Waals surface area contributed by atoms with Crippen molar-refractivity contribution in [3.8, 4) is 0 Å². The number of H-pyrrole nitrogens is 1. The highest BCUT2D eigenvalue weighted by molar-refractivity contribution is 6.31. The second-order valence-corrected chi connectivity index (χ2v) is 6.36. The van der Waals surface area contributed by atoms with Crippen LogP contribution >= 0.6 is 11.6 Å². The van der Waals surface area contributed by atoms with E-state index in [1.807, 2.05) is 19.1 Å². The number of aromatic amines is 1. The number of aromatic nitrogens is 2. The molecule has 0 fully saturated rings. The zero-order valence-corrected chi connectivity index (χ0v) is 15.4. The van der Waals surface area contributed by atoms with E-state index >= 15 is 0 Å². The van der Waals surface area contributed by atoms with Gasteiger partial charge in [0.25, 0.3) is 11.5 Å². The van der Waals surface area contributed by atoms with Gasteiger partial charge in [-0.25, -0.2) is 4.79 Å². The maximum atomic E-state index is 12.7. The smallest absolute Gasteiger partial charge is 0.322 e. The van der Waals surface area contributed by atoms with Crippen LogP contribution in [0, 0.1) is 0 Å². The summed E-state index contributed by atoms with van der Waals surface area (Å²) < 4.78 is 0.960. The molecule has 0 saturated heterocycles. The third-order valence-corrected chi connectivity index (χ3v) is 4.61. The summed E-state index contributed by atoms with van der Waals surface area (Å²) in [5, 5.41) is 3.18. The number of amides is 1. The van der Waals surface area contributed by atoms with Gasteiger partial charge in [0.15, 0.2) is 0 Å². The van der Waals surface area contributed by atoms with Crippen molar-refractivity contribution in [3.63, 3.8) is 0 Å². The first-order chi connectivity index (χ1) is 13.0. The van der Waals surface area contributed by atoms with Gasteiger partial charge in [-0.1, -0.05) is 54.9 Å². The van der Waals surface area contributed by atoms with Crippen LogP contribution in [0.1, 0.15) is 28.4 Å². The Bertz CT molecular complexity index is 1100. The van der Waals surface area contributed by atoms with Gasteiger partial charge in [-0.2, -0.15) is 0 Å². The number of halogens is 1. The Morgan fingerprint density at radius 3 is 2.44 bits per heavy atom.